The van der Waals surface area contributed by atoms with Crippen molar-refractivity contribution in [3.05, 3.63) is 23.5 Å². The predicted octanol–water partition coefficient (Wildman–Crippen LogP) is 2.49. The number of benzene rings is 1. The van der Waals surface area contributed by atoms with Gasteiger partial charge in [0.15, 0.2) is 18.1 Å². The first-order valence-electron chi connectivity index (χ1n) is 6.65. The summed E-state index contributed by atoms with van der Waals surface area (Å²) in [5, 5.41) is 1.06. The van der Waals surface area contributed by atoms with Gasteiger partial charge in [-0.15, -0.1) is 0 Å². The highest BCUT2D eigenvalue weighted by atomic mass is 19.3. The van der Waals surface area contributed by atoms with Crippen molar-refractivity contribution < 1.29 is 32.3 Å². The number of fused-ring (bicyclic) bond motifs is 1. The van der Waals surface area contributed by atoms with Crippen molar-refractivity contribution in [2.45, 2.75) is 26.5 Å². The lowest BCUT2D eigenvalue weighted by molar-refractivity contribution is -0.209. The third-order valence-corrected chi connectivity index (χ3v) is 3.47. The van der Waals surface area contributed by atoms with Crippen LogP contribution in [0.1, 0.15) is 19.4 Å². The van der Waals surface area contributed by atoms with Gasteiger partial charge >= 0.3 is 6.11 Å². The molecule has 1 fully saturated rings. The third kappa shape index (κ3) is 2.58. The van der Waals surface area contributed by atoms with E-state index in [0.29, 0.717) is 0 Å². The summed E-state index contributed by atoms with van der Waals surface area (Å²) in [6.45, 7) is 2.55. The number of rotatable bonds is 2. The van der Waals surface area contributed by atoms with Crippen LogP contribution in [0.15, 0.2) is 12.1 Å². The van der Waals surface area contributed by atoms with Crippen LogP contribution in [0.5, 0.6) is 11.5 Å². The number of halogens is 3. The maximum atomic E-state index is 14.0. The normalized spacial score (nSPS) is 22.0. The highest BCUT2D eigenvalue weighted by Crippen LogP contribution is 2.39. The summed E-state index contributed by atoms with van der Waals surface area (Å²) >= 11 is 0. The molecule has 0 unspecified atom stereocenters. The van der Waals surface area contributed by atoms with Gasteiger partial charge in [0.2, 0.25) is 0 Å². The topological polar surface area (TPSA) is 48.0 Å². The first-order valence-corrected chi connectivity index (χ1v) is 6.65. The van der Waals surface area contributed by atoms with Crippen LogP contribution in [0.2, 0.25) is 0 Å². The molecule has 22 heavy (non-hydrogen) atoms. The minimum absolute atomic E-state index is 0.00762. The smallest absolute Gasteiger partial charge is 0.433 e. The van der Waals surface area contributed by atoms with Crippen LogP contribution in [-0.2, 0) is 16.2 Å². The maximum Gasteiger partial charge on any atom is 0.433 e. The number of amides is 1. The Morgan fingerprint density at radius 3 is 2.59 bits per heavy atom. The van der Waals surface area contributed by atoms with Gasteiger partial charge in [-0.1, -0.05) is 0 Å². The standard InChI is InChI=1S/C14H14F3NO4/c1-13(2)6-21-18(12(13)19)5-8-3-10-11(4-9(8)15)22-14(16,17)7-20-10/h3-4H,5-7H2,1-2H3. The summed E-state index contributed by atoms with van der Waals surface area (Å²) in [5.41, 5.74) is -0.578. The van der Waals surface area contributed by atoms with Crippen LogP contribution in [0.3, 0.4) is 0 Å². The number of carbonyl (C=O) groups excluding carboxylic acids is 1. The zero-order chi connectivity index (χ0) is 16.1. The van der Waals surface area contributed by atoms with Gasteiger partial charge in [-0.05, 0) is 19.9 Å². The van der Waals surface area contributed by atoms with E-state index in [1.54, 1.807) is 13.8 Å². The molecule has 2 aliphatic heterocycles. The third-order valence-electron chi connectivity index (χ3n) is 3.47. The molecule has 2 aliphatic rings. The van der Waals surface area contributed by atoms with Crippen molar-refractivity contribution in [1.82, 2.24) is 5.06 Å². The monoisotopic (exact) mass is 317 g/mol. The van der Waals surface area contributed by atoms with Crippen LogP contribution < -0.4 is 9.47 Å². The molecule has 0 N–H and O–H groups in total. The van der Waals surface area contributed by atoms with E-state index >= 15 is 0 Å². The van der Waals surface area contributed by atoms with Gasteiger partial charge in [0, 0.05) is 11.6 Å². The van der Waals surface area contributed by atoms with Crippen molar-refractivity contribution in [3.63, 3.8) is 0 Å². The molecule has 1 aromatic carbocycles. The Hall–Kier alpha value is -1.96. The molecular formula is C14H14F3NO4. The van der Waals surface area contributed by atoms with E-state index in [-0.39, 0.29) is 36.1 Å². The molecule has 3 rings (SSSR count). The van der Waals surface area contributed by atoms with Gasteiger partial charge in [0.1, 0.15) is 5.82 Å². The Morgan fingerprint density at radius 1 is 1.23 bits per heavy atom. The molecule has 1 saturated heterocycles. The second-order valence-electron chi connectivity index (χ2n) is 5.92. The van der Waals surface area contributed by atoms with Crippen LogP contribution >= 0.6 is 0 Å². The van der Waals surface area contributed by atoms with Crippen molar-refractivity contribution >= 4 is 5.91 Å². The highest BCUT2D eigenvalue weighted by Gasteiger charge is 2.41. The quantitative estimate of drug-likeness (QED) is 0.841. The van der Waals surface area contributed by atoms with Gasteiger partial charge in [0.25, 0.3) is 5.91 Å². The fraction of sp³-hybridized carbons (Fsp3) is 0.500. The van der Waals surface area contributed by atoms with Gasteiger partial charge in [-0.3, -0.25) is 9.63 Å². The highest BCUT2D eigenvalue weighted by molar-refractivity contribution is 5.82. The van der Waals surface area contributed by atoms with E-state index in [9.17, 15) is 18.0 Å². The summed E-state index contributed by atoms with van der Waals surface area (Å²) < 4.78 is 49.4. The van der Waals surface area contributed by atoms with Crippen LogP contribution in [-0.4, -0.2) is 30.3 Å². The van der Waals surface area contributed by atoms with Crippen molar-refractivity contribution in [2.75, 3.05) is 13.2 Å². The van der Waals surface area contributed by atoms with Gasteiger partial charge in [0.05, 0.1) is 18.6 Å². The lowest BCUT2D eigenvalue weighted by atomic mass is 9.95. The molecule has 0 radical (unpaired) electrons. The zero-order valence-corrected chi connectivity index (χ0v) is 12.0. The van der Waals surface area contributed by atoms with Crippen LogP contribution in [0, 0.1) is 11.2 Å². The van der Waals surface area contributed by atoms with Crippen molar-refractivity contribution in [3.8, 4) is 11.5 Å². The van der Waals surface area contributed by atoms with E-state index < -0.39 is 23.9 Å². The zero-order valence-electron chi connectivity index (χ0n) is 12.0. The fourth-order valence-corrected chi connectivity index (χ4v) is 2.21. The van der Waals surface area contributed by atoms with Crippen LogP contribution in [0.25, 0.3) is 0 Å². The Labute approximate surface area is 124 Å². The Bertz CT molecular complexity index is 633. The fourth-order valence-electron chi connectivity index (χ4n) is 2.21. The lowest BCUT2D eigenvalue weighted by Crippen LogP contribution is -2.36. The van der Waals surface area contributed by atoms with E-state index in [2.05, 4.69) is 4.74 Å². The molecule has 8 heteroatoms. The lowest BCUT2D eigenvalue weighted by Gasteiger charge is -2.26. The average Bonchev–Trinajstić information content (AvgIpc) is 2.66. The molecule has 0 atom stereocenters. The summed E-state index contributed by atoms with van der Waals surface area (Å²) in [5.74, 6) is -1.41. The largest absolute Gasteiger partial charge is 0.479 e. The minimum Gasteiger partial charge on any atom is -0.479 e. The molecule has 0 aliphatic carbocycles. The molecule has 1 amide bonds. The van der Waals surface area contributed by atoms with E-state index in [1.165, 1.54) is 6.07 Å². The minimum atomic E-state index is -3.49. The Morgan fingerprint density at radius 2 is 1.95 bits per heavy atom. The Balaban J connectivity index is 1.83. The number of hydrogen-bond donors (Lipinski definition) is 0. The SMILES string of the molecule is CC1(C)CON(Cc2cc3c(cc2F)OC(F)(F)CO3)C1=O. The molecule has 0 aromatic heterocycles. The van der Waals surface area contributed by atoms with Gasteiger partial charge in [-0.25, -0.2) is 9.45 Å². The van der Waals surface area contributed by atoms with E-state index in [0.717, 1.165) is 11.1 Å². The van der Waals surface area contributed by atoms with Gasteiger partial charge in [-0.2, -0.15) is 8.78 Å². The van der Waals surface area contributed by atoms with Gasteiger partial charge < -0.3 is 9.47 Å². The molecule has 0 saturated carbocycles. The molecule has 120 valence electrons. The number of ether oxygens (including phenoxy) is 2. The van der Waals surface area contributed by atoms with Crippen LogP contribution in [0.4, 0.5) is 13.2 Å². The molecule has 1 aromatic rings. The Kier molecular flexibility index (Phi) is 3.24. The second kappa shape index (κ2) is 4.77. The molecular weight excluding hydrogens is 303 g/mol. The first kappa shape index (κ1) is 15.0. The van der Waals surface area contributed by atoms with Crippen molar-refractivity contribution in [2.24, 2.45) is 5.41 Å². The first-order chi connectivity index (χ1) is 10.2. The molecule has 0 spiro atoms. The molecule has 0 bridgehead atoms. The van der Waals surface area contributed by atoms with E-state index in [4.69, 9.17) is 9.57 Å². The number of alkyl halides is 2. The number of nitrogens with zero attached hydrogens (tertiary/aromatic N) is 1. The maximum absolute atomic E-state index is 14.0. The molecule has 5 nitrogen and oxygen atoms in total. The number of hydroxylamine groups is 2. The average molecular weight is 317 g/mol. The summed E-state index contributed by atoms with van der Waals surface area (Å²) in [6, 6.07) is 2.06. The van der Waals surface area contributed by atoms with Crippen molar-refractivity contribution in [1.29, 1.82) is 0 Å². The molecule has 2 heterocycles. The summed E-state index contributed by atoms with van der Waals surface area (Å²) in [4.78, 5) is 17.3. The summed E-state index contributed by atoms with van der Waals surface area (Å²) in [7, 11) is 0. The predicted molar refractivity (Wildman–Crippen MR) is 67.8 cm³/mol. The number of carbonyl (C=O) groups is 1. The second-order valence-corrected chi connectivity index (χ2v) is 5.92. The number of hydrogen-bond acceptors (Lipinski definition) is 4. The van der Waals surface area contributed by atoms with E-state index in [1.807, 2.05) is 0 Å². The summed E-state index contributed by atoms with van der Waals surface area (Å²) in [6.07, 6.45) is -3.49.